The van der Waals surface area contributed by atoms with Crippen molar-refractivity contribution in [2.45, 2.75) is 12.8 Å². The van der Waals surface area contributed by atoms with Crippen molar-refractivity contribution < 1.29 is 9.53 Å². The van der Waals surface area contributed by atoms with Gasteiger partial charge in [-0.05, 0) is 24.9 Å². The lowest BCUT2D eigenvalue weighted by Crippen LogP contribution is -2.46. The lowest BCUT2D eigenvalue weighted by molar-refractivity contribution is -0.132. The lowest BCUT2D eigenvalue weighted by atomic mass is 9.87. The molecule has 1 saturated heterocycles. The highest BCUT2D eigenvalue weighted by Crippen LogP contribution is 2.25. The summed E-state index contributed by atoms with van der Waals surface area (Å²) >= 11 is 0. The number of hydrogen-bond donors (Lipinski definition) is 2. The Morgan fingerprint density at radius 1 is 1.42 bits per heavy atom. The summed E-state index contributed by atoms with van der Waals surface area (Å²) in [7, 11) is 1.65. The predicted octanol–water partition coefficient (Wildman–Crippen LogP) is 0.971. The normalized spacial score (nSPS) is 22.4. The Bertz CT molecular complexity index is 400. The van der Waals surface area contributed by atoms with Crippen molar-refractivity contribution in [3.8, 4) is 0 Å². The molecule has 1 aliphatic heterocycles. The van der Waals surface area contributed by atoms with E-state index in [4.69, 9.17) is 4.74 Å². The summed E-state index contributed by atoms with van der Waals surface area (Å²) in [6, 6.07) is 10.2. The molecule has 4 nitrogen and oxygen atoms in total. The zero-order valence-electron chi connectivity index (χ0n) is 11.4. The van der Waals surface area contributed by atoms with Crippen LogP contribution >= 0.6 is 0 Å². The highest BCUT2D eigenvalue weighted by atomic mass is 16.5. The van der Waals surface area contributed by atoms with Gasteiger partial charge in [-0.3, -0.25) is 4.79 Å². The number of amides is 1. The van der Waals surface area contributed by atoms with Gasteiger partial charge in [-0.25, -0.2) is 0 Å². The maximum Gasteiger partial charge on any atom is 0.229 e. The first-order chi connectivity index (χ1) is 9.27. The second kappa shape index (κ2) is 6.68. The molecule has 1 aliphatic rings. The van der Waals surface area contributed by atoms with Gasteiger partial charge in [0.2, 0.25) is 5.91 Å². The van der Waals surface area contributed by atoms with Gasteiger partial charge in [-0.2, -0.15) is 0 Å². The molecule has 1 unspecified atom stereocenters. The number of carbonyl (C=O) groups excluding carboxylic acids is 1. The Hall–Kier alpha value is -1.39. The van der Waals surface area contributed by atoms with E-state index in [1.54, 1.807) is 7.11 Å². The van der Waals surface area contributed by atoms with Gasteiger partial charge in [0.05, 0.1) is 12.0 Å². The second-order valence-electron chi connectivity index (χ2n) is 5.13. The quantitative estimate of drug-likeness (QED) is 0.803. The van der Waals surface area contributed by atoms with Gasteiger partial charge in [-0.1, -0.05) is 30.3 Å². The predicted molar refractivity (Wildman–Crippen MR) is 75.0 cm³/mol. The first kappa shape index (κ1) is 14.0. The van der Waals surface area contributed by atoms with E-state index >= 15 is 0 Å². The first-order valence-electron chi connectivity index (χ1n) is 6.79. The van der Waals surface area contributed by atoms with Gasteiger partial charge < -0.3 is 15.4 Å². The van der Waals surface area contributed by atoms with Crippen LogP contribution in [0.1, 0.15) is 12.0 Å². The molecule has 0 spiro atoms. The van der Waals surface area contributed by atoms with Crippen molar-refractivity contribution in [1.29, 1.82) is 0 Å². The van der Waals surface area contributed by atoms with Crippen LogP contribution in [0.15, 0.2) is 30.3 Å². The van der Waals surface area contributed by atoms with Crippen molar-refractivity contribution in [2.24, 2.45) is 5.41 Å². The summed E-state index contributed by atoms with van der Waals surface area (Å²) in [4.78, 5) is 12.3. The average molecular weight is 262 g/mol. The van der Waals surface area contributed by atoms with E-state index < -0.39 is 0 Å². The first-order valence-corrected chi connectivity index (χ1v) is 6.79. The van der Waals surface area contributed by atoms with E-state index in [1.807, 2.05) is 18.2 Å². The molecule has 104 valence electrons. The fourth-order valence-corrected chi connectivity index (χ4v) is 2.56. The SMILES string of the molecule is COCC1(C(=O)NCCc2ccccc2)CCNC1. The third kappa shape index (κ3) is 3.55. The van der Waals surface area contributed by atoms with Gasteiger partial charge >= 0.3 is 0 Å². The van der Waals surface area contributed by atoms with Crippen LogP contribution in [0, 0.1) is 5.41 Å². The van der Waals surface area contributed by atoms with Crippen LogP contribution in [-0.4, -0.2) is 39.3 Å². The topological polar surface area (TPSA) is 50.4 Å². The summed E-state index contributed by atoms with van der Waals surface area (Å²) in [6.45, 7) is 2.75. The molecule has 1 aromatic carbocycles. The molecule has 0 aromatic heterocycles. The van der Waals surface area contributed by atoms with E-state index in [0.29, 0.717) is 19.7 Å². The van der Waals surface area contributed by atoms with Crippen molar-refractivity contribution >= 4 is 5.91 Å². The molecule has 0 radical (unpaired) electrons. The molecule has 1 aromatic rings. The maximum atomic E-state index is 12.3. The molecule has 1 heterocycles. The van der Waals surface area contributed by atoms with Crippen LogP contribution in [0.3, 0.4) is 0 Å². The summed E-state index contributed by atoms with van der Waals surface area (Å²) in [5, 5.41) is 6.29. The molecule has 1 amide bonds. The van der Waals surface area contributed by atoms with Crippen molar-refractivity contribution in [3.05, 3.63) is 35.9 Å². The molecule has 2 N–H and O–H groups in total. The molecule has 4 heteroatoms. The van der Waals surface area contributed by atoms with Gasteiger partial charge in [-0.15, -0.1) is 0 Å². The maximum absolute atomic E-state index is 12.3. The largest absolute Gasteiger partial charge is 0.384 e. The van der Waals surface area contributed by atoms with Gasteiger partial charge in [0.1, 0.15) is 0 Å². The van der Waals surface area contributed by atoms with Crippen LogP contribution in [0.2, 0.25) is 0 Å². The monoisotopic (exact) mass is 262 g/mol. The Morgan fingerprint density at radius 2 is 2.21 bits per heavy atom. The average Bonchev–Trinajstić information content (AvgIpc) is 2.90. The minimum Gasteiger partial charge on any atom is -0.384 e. The van der Waals surface area contributed by atoms with Crippen LogP contribution in [0.25, 0.3) is 0 Å². The van der Waals surface area contributed by atoms with E-state index in [2.05, 4.69) is 22.8 Å². The molecule has 0 saturated carbocycles. The fraction of sp³-hybridized carbons (Fsp3) is 0.533. The Kier molecular flexibility index (Phi) is 4.93. The third-order valence-corrected chi connectivity index (χ3v) is 3.69. The molecule has 2 rings (SSSR count). The zero-order valence-corrected chi connectivity index (χ0v) is 11.4. The molecule has 1 atom stereocenters. The molecular weight excluding hydrogens is 240 g/mol. The van der Waals surface area contributed by atoms with Crippen LogP contribution in [0.5, 0.6) is 0 Å². The van der Waals surface area contributed by atoms with Crippen LogP contribution in [0.4, 0.5) is 0 Å². The molecule has 19 heavy (non-hydrogen) atoms. The number of nitrogens with one attached hydrogen (secondary N) is 2. The van der Waals surface area contributed by atoms with Crippen LogP contribution in [-0.2, 0) is 16.0 Å². The number of ether oxygens (including phenoxy) is 1. The standard InChI is InChI=1S/C15H22N2O2/c1-19-12-15(8-10-16-11-15)14(18)17-9-7-13-5-3-2-4-6-13/h2-6,16H,7-12H2,1H3,(H,17,18). The minimum absolute atomic E-state index is 0.107. The second-order valence-corrected chi connectivity index (χ2v) is 5.13. The zero-order chi connectivity index (χ0) is 13.6. The van der Waals surface area contributed by atoms with Gasteiger partial charge in [0.25, 0.3) is 0 Å². The van der Waals surface area contributed by atoms with Gasteiger partial charge in [0.15, 0.2) is 0 Å². The summed E-state index contributed by atoms with van der Waals surface area (Å²) in [6.07, 6.45) is 1.71. The summed E-state index contributed by atoms with van der Waals surface area (Å²) < 4.78 is 5.21. The van der Waals surface area contributed by atoms with Crippen molar-refractivity contribution in [3.63, 3.8) is 0 Å². The lowest BCUT2D eigenvalue weighted by Gasteiger charge is -2.25. The van der Waals surface area contributed by atoms with Crippen LogP contribution < -0.4 is 10.6 Å². The van der Waals surface area contributed by atoms with E-state index in [9.17, 15) is 4.79 Å². The van der Waals surface area contributed by atoms with Crippen molar-refractivity contribution in [2.75, 3.05) is 33.4 Å². The fourth-order valence-electron chi connectivity index (χ4n) is 2.56. The smallest absolute Gasteiger partial charge is 0.229 e. The number of rotatable bonds is 6. The highest BCUT2D eigenvalue weighted by Gasteiger charge is 2.41. The summed E-state index contributed by atoms with van der Waals surface area (Å²) in [5.74, 6) is 0.107. The Labute approximate surface area is 114 Å². The molecule has 0 bridgehead atoms. The number of methoxy groups -OCH3 is 1. The third-order valence-electron chi connectivity index (χ3n) is 3.69. The molecule has 1 fully saturated rings. The van der Waals surface area contributed by atoms with E-state index in [-0.39, 0.29) is 11.3 Å². The van der Waals surface area contributed by atoms with Crippen molar-refractivity contribution in [1.82, 2.24) is 10.6 Å². The number of carbonyl (C=O) groups is 1. The summed E-state index contributed by atoms with van der Waals surface area (Å²) in [5.41, 5.74) is 0.860. The Balaban J connectivity index is 1.83. The number of benzene rings is 1. The molecular formula is C15H22N2O2. The minimum atomic E-state index is -0.383. The molecule has 0 aliphatic carbocycles. The highest BCUT2D eigenvalue weighted by molar-refractivity contribution is 5.83. The van der Waals surface area contributed by atoms with E-state index in [1.165, 1.54) is 5.56 Å². The van der Waals surface area contributed by atoms with E-state index in [0.717, 1.165) is 19.4 Å². The van der Waals surface area contributed by atoms with Gasteiger partial charge in [0, 0.05) is 20.2 Å². The number of hydrogen-bond acceptors (Lipinski definition) is 3. The Morgan fingerprint density at radius 3 is 2.84 bits per heavy atom.